The standard InChI is InChI=1S/C31H29ClF3N3O5/c32-20-1-4-28(25(34)14-20)42-17-19-11-22(2-3-24(19)33)43-21-5-8-37(9-6-21)16-29-36-30-26(35)12-18(31(39)40)13-27(30)38(29)15-23-7-10-41-23/h1-4,11-14,21,23H,5-10,15-17H2,(H,39,40)/t23-/m0/s1. The van der Waals surface area contributed by atoms with Gasteiger partial charge in [-0.3, -0.25) is 4.90 Å². The van der Waals surface area contributed by atoms with Crippen molar-refractivity contribution in [3.63, 3.8) is 0 Å². The molecule has 1 N–H and O–H groups in total. The first kappa shape index (κ1) is 29.3. The maximum absolute atomic E-state index is 14.8. The molecule has 3 aromatic carbocycles. The Labute approximate surface area is 250 Å². The molecule has 2 aliphatic rings. The second-order valence-corrected chi connectivity index (χ2v) is 11.2. The monoisotopic (exact) mass is 615 g/mol. The van der Waals surface area contributed by atoms with E-state index in [0.29, 0.717) is 62.7 Å². The highest BCUT2D eigenvalue weighted by atomic mass is 35.5. The Hall–Kier alpha value is -3.80. The van der Waals surface area contributed by atoms with E-state index in [1.165, 1.54) is 24.3 Å². The van der Waals surface area contributed by atoms with E-state index in [1.807, 2.05) is 4.57 Å². The predicted molar refractivity (Wildman–Crippen MR) is 152 cm³/mol. The Balaban J connectivity index is 1.09. The Morgan fingerprint density at radius 1 is 1.02 bits per heavy atom. The van der Waals surface area contributed by atoms with Gasteiger partial charge in [0, 0.05) is 30.3 Å². The molecule has 2 saturated heterocycles. The third kappa shape index (κ3) is 6.58. The summed E-state index contributed by atoms with van der Waals surface area (Å²) in [4.78, 5) is 18.3. The molecular weight excluding hydrogens is 587 g/mol. The SMILES string of the molecule is O=C(O)c1cc(F)c2nc(CN3CCC(Oc4ccc(F)c(COc5ccc(Cl)cc5F)c4)CC3)n(C[C@@H]3CCO3)c2c1. The number of imidazole rings is 1. The molecule has 0 unspecified atom stereocenters. The highest BCUT2D eigenvalue weighted by Gasteiger charge is 2.27. The van der Waals surface area contributed by atoms with Crippen LogP contribution in [0.15, 0.2) is 48.5 Å². The first-order valence-electron chi connectivity index (χ1n) is 14.0. The Morgan fingerprint density at radius 2 is 1.81 bits per heavy atom. The molecule has 3 heterocycles. The van der Waals surface area contributed by atoms with Gasteiger partial charge in [0.1, 0.15) is 35.6 Å². The van der Waals surface area contributed by atoms with E-state index >= 15 is 0 Å². The number of benzene rings is 3. The summed E-state index contributed by atoms with van der Waals surface area (Å²) in [6.07, 6.45) is 2.13. The highest BCUT2D eigenvalue weighted by molar-refractivity contribution is 6.30. The zero-order chi connectivity index (χ0) is 30.1. The number of nitrogens with zero attached hydrogens (tertiary/aromatic N) is 3. The van der Waals surface area contributed by atoms with Crippen molar-refractivity contribution in [2.24, 2.45) is 0 Å². The van der Waals surface area contributed by atoms with E-state index in [2.05, 4.69) is 9.88 Å². The molecule has 4 aromatic rings. The topological polar surface area (TPSA) is 86.0 Å². The van der Waals surface area contributed by atoms with Crippen LogP contribution in [0.2, 0.25) is 5.02 Å². The van der Waals surface area contributed by atoms with Crippen molar-refractivity contribution in [2.45, 2.75) is 51.2 Å². The number of carboxylic acid groups (broad SMARTS) is 1. The van der Waals surface area contributed by atoms with Gasteiger partial charge in [0.05, 0.1) is 30.3 Å². The van der Waals surface area contributed by atoms with Gasteiger partial charge in [-0.05, 0) is 67.8 Å². The van der Waals surface area contributed by atoms with Gasteiger partial charge in [-0.25, -0.2) is 22.9 Å². The normalized spacial score (nSPS) is 17.6. The number of hydrogen-bond acceptors (Lipinski definition) is 6. The lowest BCUT2D eigenvalue weighted by Gasteiger charge is -2.32. The second kappa shape index (κ2) is 12.4. The van der Waals surface area contributed by atoms with Crippen LogP contribution in [0, 0.1) is 17.5 Å². The summed E-state index contributed by atoms with van der Waals surface area (Å²) in [5.41, 5.74) is 0.693. The van der Waals surface area contributed by atoms with Crippen molar-refractivity contribution in [3.05, 3.63) is 88.0 Å². The van der Waals surface area contributed by atoms with Crippen LogP contribution in [0.5, 0.6) is 11.5 Å². The van der Waals surface area contributed by atoms with Gasteiger partial charge < -0.3 is 23.9 Å². The fraction of sp³-hybridized carbons (Fsp3) is 0.355. The zero-order valence-corrected chi connectivity index (χ0v) is 23.8. The van der Waals surface area contributed by atoms with Gasteiger partial charge in [0.2, 0.25) is 0 Å². The van der Waals surface area contributed by atoms with E-state index in [-0.39, 0.29) is 46.2 Å². The molecule has 6 rings (SSSR count). The summed E-state index contributed by atoms with van der Waals surface area (Å²) in [5.74, 6) is -1.88. The molecule has 226 valence electrons. The lowest BCUT2D eigenvalue weighted by atomic mass is 10.1. The first-order chi connectivity index (χ1) is 20.7. The smallest absolute Gasteiger partial charge is 0.335 e. The third-order valence-corrected chi connectivity index (χ3v) is 8.04. The van der Waals surface area contributed by atoms with Gasteiger partial charge in [-0.1, -0.05) is 11.6 Å². The van der Waals surface area contributed by atoms with Crippen molar-refractivity contribution in [1.82, 2.24) is 14.5 Å². The number of rotatable bonds is 10. The minimum Gasteiger partial charge on any atom is -0.490 e. The zero-order valence-electron chi connectivity index (χ0n) is 23.1. The van der Waals surface area contributed by atoms with Crippen molar-refractivity contribution < 1.29 is 37.3 Å². The quantitative estimate of drug-likeness (QED) is 0.227. The van der Waals surface area contributed by atoms with Crippen LogP contribution in [-0.2, 0) is 24.4 Å². The lowest BCUT2D eigenvalue weighted by Crippen LogP contribution is -2.39. The van der Waals surface area contributed by atoms with Gasteiger partial charge in [0.25, 0.3) is 0 Å². The van der Waals surface area contributed by atoms with Crippen LogP contribution in [0.25, 0.3) is 11.0 Å². The number of ether oxygens (including phenoxy) is 3. The molecule has 1 aromatic heterocycles. The molecule has 2 fully saturated rings. The molecule has 0 radical (unpaired) electrons. The fourth-order valence-corrected chi connectivity index (χ4v) is 5.53. The van der Waals surface area contributed by atoms with Gasteiger partial charge >= 0.3 is 5.97 Å². The lowest BCUT2D eigenvalue weighted by molar-refractivity contribution is -0.0592. The summed E-state index contributed by atoms with van der Waals surface area (Å²) >= 11 is 5.78. The minimum atomic E-state index is -1.20. The minimum absolute atomic E-state index is 0.0250. The highest BCUT2D eigenvalue weighted by Crippen LogP contribution is 2.28. The molecule has 1 atom stereocenters. The molecule has 0 aliphatic carbocycles. The summed E-state index contributed by atoms with van der Waals surface area (Å²) < 4.78 is 62.4. The van der Waals surface area contributed by atoms with Crippen molar-refractivity contribution in [3.8, 4) is 11.5 Å². The molecular formula is C31H29ClF3N3O5. The second-order valence-electron chi connectivity index (χ2n) is 10.8. The maximum Gasteiger partial charge on any atom is 0.335 e. The van der Waals surface area contributed by atoms with Crippen LogP contribution in [0.3, 0.4) is 0 Å². The van der Waals surface area contributed by atoms with E-state index < -0.39 is 23.4 Å². The summed E-state index contributed by atoms with van der Waals surface area (Å²) in [6.45, 7) is 2.78. The number of hydrogen-bond donors (Lipinski definition) is 1. The van der Waals surface area contributed by atoms with E-state index in [1.54, 1.807) is 12.1 Å². The average Bonchev–Trinajstić information content (AvgIpc) is 3.30. The number of likely N-dealkylation sites (tertiary alicyclic amines) is 1. The van der Waals surface area contributed by atoms with Gasteiger partial charge in [-0.2, -0.15) is 0 Å². The van der Waals surface area contributed by atoms with Crippen LogP contribution in [0.4, 0.5) is 13.2 Å². The average molecular weight is 616 g/mol. The molecule has 0 bridgehead atoms. The Morgan fingerprint density at radius 3 is 2.51 bits per heavy atom. The van der Waals surface area contributed by atoms with E-state index in [0.717, 1.165) is 18.6 Å². The van der Waals surface area contributed by atoms with Crippen molar-refractivity contribution >= 4 is 28.6 Å². The molecule has 0 amide bonds. The van der Waals surface area contributed by atoms with Crippen LogP contribution in [0.1, 0.15) is 41.0 Å². The van der Waals surface area contributed by atoms with Crippen molar-refractivity contribution in [1.29, 1.82) is 0 Å². The number of carboxylic acids is 1. The van der Waals surface area contributed by atoms with Crippen LogP contribution < -0.4 is 9.47 Å². The van der Waals surface area contributed by atoms with Crippen LogP contribution >= 0.6 is 11.6 Å². The van der Waals surface area contributed by atoms with Gasteiger partial charge in [0.15, 0.2) is 17.4 Å². The van der Waals surface area contributed by atoms with E-state index in [9.17, 15) is 23.1 Å². The number of piperidine rings is 1. The van der Waals surface area contributed by atoms with Crippen molar-refractivity contribution in [2.75, 3.05) is 19.7 Å². The fourth-order valence-electron chi connectivity index (χ4n) is 5.37. The summed E-state index contributed by atoms with van der Waals surface area (Å²) in [7, 11) is 0. The molecule has 8 nitrogen and oxygen atoms in total. The number of aromatic carboxylic acids is 1. The number of aromatic nitrogens is 2. The predicted octanol–water partition coefficient (Wildman–Crippen LogP) is 6.22. The Kier molecular flexibility index (Phi) is 8.47. The molecule has 43 heavy (non-hydrogen) atoms. The first-order valence-corrected chi connectivity index (χ1v) is 14.4. The molecule has 0 saturated carbocycles. The van der Waals surface area contributed by atoms with E-state index in [4.69, 9.17) is 25.8 Å². The Bertz CT molecular complexity index is 1650. The summed E-state index contributed by atoms with van der Waals surface area (Å²) in [5, 5.41) is 9.67. The van der Waals surface area contributed by atoms with Gasteiger partial charge in [-0.15, -0.1) is 0 Å². The third-order valence-electron chi connectivity index (χ3n) is 7.81. The largest absolute Gasteiger partial charge is 0.490 e. The molecule has 12 heteroatoms. The van der Waals surface area contributed by atoms with Crippen LogP contribution in [-0.4, -0.2) is 57.4 Å². The molecule has 2 aliphatic heterocycles. The molecule has 0 spiro atoms. The summed E-state index contributed by atoms with van der Waals surface area (Å²) in [6, 6.07) is 10.9. The number of fused-ring (bicyclic) bond motifs is 1. The maximum atomic E-state index is 14.8. The number of halogens is 4. The number of carbonyl (C=O) groups is 1.